The highest BCUT2D eigenvalue weighted by Gasteiger charge is 2.28. The number of aromatic amines is 1. The van der Waals surface area contributed by atoms with E-state index in [-0.39, 0.29) is 34.8 Å². The van der Waals surface area contributed by atoms with Crippen molar-refractivity contribution in [2.45, 2.75) is 31.7 Å². The number of carbonyl (C=O) groups is 3. The molecule has 0 saturated carbocycles. The Morgan fingerprint density at radius 1 is 0.905 bits per heavy atom. The molecule has 0 radical (unpaired) electrons. The van der Waals surface area contributed by atoms with Crippen LogP contribution in [0.3, 0.4) is 0 Å². The molecule has 2 saturated heterocycles. The minimum absolute atomic E-state index is 0.0266. The molecule has 0 spiro atoms. The number of benzene rings is 3. The first-order chi connectivity index (χ1) is 20.4. The van der Waals surface area contributed by atoms with Crippen LogP contribution in [0.15, 0.2) is 71.5 Å². The standard InChI is InChI=1S/C32H30FN5O4/c33-27-11-7-21(18-28-24-3-1-2-4-25(24)31(41)36-35-28)17-26(27)32(42)38-15-13-37(14-16-38)19-20-5-8-22(9-6-20)23-10-12-29(39)34-30(23)40/h1-9,11,17,23H,10,12-16,18-19H2,(H,36,41)(H,34,39,40). The molecule has 214 valence electrons. The maximum atomic E-state index is 14.8. The summed E-state index contributed by atoms with van der Waals surface area (Å²) >= 11 is 0. The van der Waals surface area contributed by atoms with E-state index in [0.29, 0.717) is 63.1 Å². The number of carbonyl (C=O) groups excluding carboxylic acids is 3. The lowest BCUT2D eigenvalue weighted by Crippen LogP contribution is -2.48. The molecular formula is C32H30FN5O4. The van der Waals surface area contributed by atoms with E-state index < -0.39 is 5.82 Å². The highest BCUT2D eigenvalue weighted by atomic mass is 19.1. The zero-order chi connectivity index (χ0) is 29.2. The normalized spacial score (nSPS) is 17.8. The molecule has 6 rings (SSSR count). The van der Waals surface area contributed by atoms with Gasteiger partial charge >= 0.3 is 0 Å². The second kappa shape index (κ2) is 11.7. The molecule has 42 heavy (non-hydrogen) atoms. The molecule has 3 amide bonds. The molecule has 2 aliphatic heterocycles. The van der Waals surface area contributed by atoms with Gasteiger partial charge in [0, 0.05) is 51.0 Å². The van der Waals surface area contributed by atoms with Crippen LogP contribution in [-0.2, 0) is 22.6 Å². The second-order valence-corrected chi connectivity index (χ2v) is 10.8. The lowest BCUT2D eigenvalue weighted by molar-refractivity contribution is -0.134. The lowest BCUT2D eigenvalue weighted by atomic mass is 9.90. The summed E-state index contributed by atoms with van der Waals surface area (Å²) in [5.74, 6) is -1.69. The van der Waals surface area contributed by atoms with Gasteiger partial charge in [-0.25, -0.2) is 9.49 Å². The first kappa shape index (κ1) is 27.5. The molecule has 4 aromatic rings. The summed E-state index contributed by atoms with van der Waals surface area (Å²) in [5, 5.41) is 10.4. The number of hydrogen-bond donors (Lipinski definition) is 2. The summed E-state index contributed by atoms with van der Waals surface area (Å²) in [7, 11) is 0. The van der Waals surface area contributed by atoms with Gasteiger partial charge in [0.15, 0.2) is 0 Å². The number of halogens is 1. The van der Waals surface area contributed by atoms with E-state index in [4.69, 9.17) is 0 Å². The van der Waals surface area contributed by atoms with Crippen LogP contribution in [0.5, 0.6) is 0 Å². The lowest BCUT2D eigenvalue weighted by Gasteiger charge is -2.35. The summed E-state index contributed by atoms with van der Waals surface area (Å²) in [4.78, 5) is 53.0. The van der Waals surface area contributed by atoms with Gasteiger partial charge in [0.25, 0.3) is 11.5 Å². The topological polar surface area (TPSA) is 115 Å². The Hall–Kier alpha value is -4.70. The highest BCUT2D eigenvalue weighted by molar-refractivity contribution is 6.01. The summed E-state index contributed by atoms with van der Waals surface area (Å²) in [5.41, 5.74) is 3.12. The van der Waals surface area contributed by atoms with Crippen molar-refractivity contribution < 1.29 is 18.8 Å². The number of piperazine rings is 1. The minimum atomic E-state index is -0.568. The number of nitrogens with zero attached hydrogens (tertiary/aromatic N) is 3. The Morgan fingerprint density at radius 3 is 2.36 bits per heavy atom. The molecule has 2 fully saturated rings. The molecule has 2 aliphatic rings. The van der Waals surface area contributed by atoms with E-state index in [9.17, 15) is 23.6 Å². The number of imide groups is 1. The highest BCUT2D eigenvalue weighted by Crippen LogP contribution is 2.25. The molecule has 1 aromatic heterocycles. The van der Waals surface area contributed by atoms with Gasteiger partial charge in [-0.1, -0.05) is 48.5 Å². The number of H-pyrrole nitrogens is 1. The first-order valence-electron chi connectivity index (χ1n) is 14.0. The molecule has 3 heterocycles. The summed E-state index contributed by atoms with van der Waals surface area (Å²) in [6.07, 6.45) is 1.21. The number of hydrogen-bond acceptors (Lipinski definition) is 6. The van der Waals surface area contributed by atoms with Gasteiger partial charge in [0.1, 0.15) is 5.82 Å². The average Bonchev–Trinajstić information content (AvgIpc) is 3.00. The third-order valence-electron chi connectivity index (χ3n) is 8.09. The van der Waals surface area contributed by atoms with Crippen LogP contribution in [0.25, 0.3) is 10.8 Å². The van der Waals surface area contributed by atoms with E-state index in [0.717, 1.165) is 22.1 Å². The van der Waals surface area contributed by atoms with Crippen LogP contribution >= 0.6 is 0 Å². The van der Waals surface area contributed by atoms with Crippen molar-refractivity contribution in [3.63, 3.8) is 0 Å². The van der Waals surface area contributed by atoms with Crippen molar-refractivity contribution in [2.24, 2.45) is 0 Å². The Bertz CT molecular complexity index is 1730. The summed E-state index contributed by atoms with van der Waals surface area (Å²) in [6, 6.07) is 19.6. The number of amides is 3. The fourth-order valence-corrected chi connectivity index (χ4v) is 5.75. The van der Waals surface area contributed by atoms with Gasteiger partial charge in [0.2, 0.25) is 11.8 Å². The quantitative estimate of drug-likeness (QED) is 0.346. The predicted octanol–water partition coefficient (Wildman–Crippen LogP) is 3.13. The maximum absolute atomic E-state index is 14.8. The summed E-state index contributed by atoms with van der Waals surface area (Å²) in [6.45, 7) is 2.94. The SMILES string of the molecule is O=C1CCC(c2ccc(CN3CCN(C(=O)c4cc(Cc5n[nH]c(=O)c6ccccc56)ccc4F)CC3)cc2)C(=O)N1. The molecule has 0 bridgehead atoms. The van der Waals surface area contributed by atoms with Gasteiger partial charge in [0.05, 0.1) is 22.6 Å². The predicted molar refractivity (Wildman–Crippen MR) is 154 cm³/mol. The Balaban J connectivity index is 1.08. The van der Waals surface area contributed by atoms with E-state index in [1.165, 1.54) is 6.07 Å². The van der Waals surface area contributed by atoms with Crippen molar-refractivity contribution in [3.05, 3.63) is 111 Å². The fraction of sp³-hybridized carbons (Fsp3) is 0.281. The van der Waals surface area contributed by atoms with Crippen LogP contribution in [0.1, 0.15) is 51.5 Å². The molecule has 1 unspecified atom stereocenters. The van der Waals surface area contributed by atoms with Gasteiger partial charge in [-0.15, -0.1) is 0 Å². The van der Waals surface area contributed by atoms with Crippen LogP contribution in [0.4, 0.5) is 4.39 Å². The number of rotatable bonds is 6. The molecule has 10 heteroatoms. The van der Waals surface area contributed by atoms with Gasteiger partial charge in [-0.2, -0.15) is 5.10 Å². The minimum Gasteiger partial charge on any atom is -0.336 e. The zero-order valence-electron chi connectivity index (χ0n) is 22.9. The van der Waals surface area contributed by atoms with Crippen molar-refractivity contribution in [1.29, 1.82) is 0 Å². The van der Waals surface area contributed by atoms with Crippen LogP contribution in [0, 0.1) is 5.82 Å². The van der Waals surface area contributed by atoms with E-state index in [1.54, 1.807) is 29.2 Å². The van der Waals surface area contributed by atoms with E-state index >= 15 is 0 Å². The van der Waals surface area contributed by atoms with Crippen molar-refractivity contribution in [2.75, 3.05) is 26.2 Å². The molecule has 1 atom stereocenters. The maximum Gasteiger partial charge on any atom is 0.272 e. The van der Waals surface area contributed by atoms with Crippen LogP contribution < -0.4 is 10.9 Å². The second-order valence-electron chi connectivity index (χ2n) is 10.8. The summed E-state index contributed by atoms with van der Waals surface area (Å²) < 4.78 is 14.8. The average molecular weight is 568 g/mol. The van der Waals surface area contributed by atoms with Crippen LogP contribution in [-0.4, -0.2) is 63.9 Å². The fourth-order valence-electron chi connectivity index (χ4n) is 5.75. The Labute approximate surface area is 241 Å². The van der Waals surface area contributed by atoms with Gasteiger partial charge in [-0.05, 0) is 41.3 Å². The molecule has 2 N–H and O–H groups in total. The van der Waals surface area contributed by atoms with Crippen LogP contribution in [0.2, 0.25) is 0 Å². The van der Waals surface area contributed by atoms with Crippen molar-refractivity contribution in [1.82, 2.24) is 25.3 Å². The number of piperidine rings is 1. The first-order valence-corrected chi connectivity index (χ1v) is 14.0. The Kier molecular flexibility index (Phi) is 7.62. The largest absolute Gasteiger partial charge is 0.336 e. The number of nitrogens with one attached hydrogen (secondary N) is 2. The smallest absolute Gasteiger partial charge is 0.272 e. The molecule has 3 aromatic carbocycles. The van der Waals surface area contributed by atoms with Gasteiger partial charge in [-0.3, -0.25) is 29.4 Å². The van der Waals surface area contributed by atoms with E-state index in [2.05, 4.69) is 20.4 Å². The number of aromatic nitrogens is 2. The third kappa shape index (κ3) is 5.71. The van der Waals surface area contributed by atoms with Crippen molar-refractivity contribution >= 4 is 28.5 Å². The molecule has 0 aliphatic carbocycles. The van der Waals surface area contributed by atoms with Gasteiger partial charge < -0.3 is 4.90 Å². The van der Waals surface area contributed by atoms with Crippen molar-refractivity contribution in [3.8, 4) is 0 Å². The molecule has 9 nitrogen and oxygen atoms in total. The monoisotopic (exact) mass is 567 g/mol. The number of fused-ring (bicyclic) bond motifs is 1. The molecular weight excluding hydrogens is 537 g/mol. The third-order valence-corrected chi connectivity index (χ3v) is 8.09. The Morgan fingerprint density at radius 2 is 1.62 bits per heavy atom. The zero-order valence-corrected chi connectivity index (χ0v) is 22.9. The van der Waals surface area contributed by atoms with E-state index in [1.807, 2.05) is 36.4 Å².